The van der Waals surface area contributed by atoms with Crippen LogP contribution in [0.4, 0.5) is 11.4 Å². The van der Waals surface area contributed by atoms with Crippen LogP contribution in [0.15, 0.2) is 28.8 Å². The van der Waals surface area contributed by atoms with Crippen molar-refractivity contribution in [3.63, 3.8) is 0 Å². The molecule has 4 rings (SSSR count). The number of hydrogen-bond donors (Lipinski definition) is 0. The van der Waals surface area contributed by atoms with Gasteiger partial charge in [-0.1, -0.05) is 5.16 Å². The zero-order valence-electron chi connectivity index (χ0n) is 17.0. The molecule has 1 aromatic carbocycles. The van der Waals surface area contributed by atoms with Crippen LogP contribution in [0.3, 0.4) is 0 Å². The van der Waals surface area contributed by atoms with Crippen molar-refractivity contribution in [3.05, 3.63) is 51.4 Å². The summed E-state index contributed by atoms with van der Waals surface area (Å²) in [6, 6.07) is 6.70. The molecule has 1 aromatic heterocycles. The summed E-state index contributed by atoms with van der Waals surface area (Å²) in [7, 11) is 0. The minimum atomic E-state index is -0.408. The molecule has 0 spiro atoms. The van der Waals surface area contributed by atoms with Crippen LogP contribution in [-0.2, 0) is 11.3 Å². The average Bonchev–Trinajstić information content (AvgIpc) is 3.18. The first kappa shape index (κ1) is 20.3. The lowest BCUT2D eigenvalue weighted by molar-refractivity contribution is -0.384. The molecule has 10 heteroatoms. The quantitative estimate of drug-likeness (QED) is 0.537. The van der Waals surface area contributed by atoms with Gasteiger partial charge in [0.05, 0.1) is 30.4 Å². The number of ether oxygens (including phenoxy) is 1. The highest BCUT2D eigenvalue weighted by Gasteiger charge is 2.27. The molecule has 0 saturated carbocycles. The number of anilines is 1. The molecule has 160 valence electrons. The van der Waals surface area contributed by atoms with Crippen LogP contribution in [0.1, 0.15) is 21.8 Å². The fourth-order valence-corrected chi connectivity index (χ4v) is 3.88. The van der Waals surface area contributed by atoms with Gasteiger partial charge in [0.15, 0.2) is 5.76 Å². The van der Waals surface area contributed by atoms with Gasteiger partial charge in [-0.15, -0.1) is 0 Å². The van der Waals surface area contributed by atoms with Crippen LogP contribution in [0.5, 0.6) is 0 Å². The summed E-state index contributed by atoms with van der Waals surface area (Å²) in [6.07, 6.45) is 0. The van der Waals surface area contributed by atoms with Gasteiger partial charge >= 0.3 is 0 Å². The van der Waals surface area contributed by atoms with E-state index in [0.717, 1.165) is 24.5 Å². The highest BCUT2D eigenvalue weighted by molar-refractivity contribution is 5.96. The number of nitrogens with zero attached hydrogens (tertiary/aromatic N) is 5. The first-order valence-corrected chi connectivity index (χ1v) is 10.1. The molecule has 3 heterocycles. The van der Waals surface area contributed by atoms with Crippen molar-refractivity contribution in [1.29, 1.82) is 0 Å². The topological polar surface area (TPSA) is 105 Å². The number of carbonyl (C=O) groups is 1. The molecule has 1 amide bonds. The molecule has 10 nitrogen and oxygen atoms in total. The lowest BCUT2D eigenvalue weighted by Gasteiger charge is -2.35. The first-order chi connectivity index (χ1) is 14.5. The number of hydrogen-bond acceptors (Lipinski definition) is 8. The van der Waals surface area contributed by atoms with Gasteiger partial charge in [-0.05, 0) is 19.1 Å². The summed E-state index contributed by atoms with van der Waals surface area (Å²) in [5, 5.41) is 15.6. The van der Waals surface area contributed by atoms with E-state index in [1.807, 2.05) is 17.9 Å². The Bertz CT molecular complexity index is 916. The number of nitro benzene ring substituents is 1. The minimum Gasteiger partial charge on any atom is -0.378 e. The second-order valence-electron chi connectivity index (χ2n) is 7.56. The minimum absolute atomic E-state index is 0.0339. The predicted molar refractivity (Wildman–Crippen MR) is 109 cm³/mol. The van der Waals surface area contributed by atoms with Crippen molar-refractivity contribution < 1.29 is 19.0 Å². The molecular formula is C20H25N5O5. The van der Waals surface area contributed by atoms with Crippen LogP contribution >= 0.6 is 0 Å². The Labute approximate surface area is 174 Å². The van der Waals surface area contributed by atoms with E-state index >= 15 is 0 Å². The zero-order chi connectivity index (χ0) is 21.1. The number of aromatic nitrogens is 1. The predicted octanol–water partition coefficient (Wildman–Crippen LogP) is 1.69. The van der Waals surface area contributed by atoms with Crippen LogP contribution in [0.2, 0.25) is 0 Å². The van der Waals surface area contributed by atoms with Gasteiger partial charge < -0.3 is 19.1 Å². The van der Waals surface area contributed by atoms with E-state index in [1.54, 1.807) is 17.0 Å². The van der Waals surface area contributed by atoms with Gasteiger partial charge in [-0.3, -0.25) is 19.8 Å². The van der Waals surface area contributed by atoms with Crippen LogP contribution in [0, 0.1) is 17.0 Å². The fourth-order valence-electron chi connectivity index (χ4n) is 3.88. The molecule has 0 unspecified atom stereocenters. The largest absolute Gasteiger partial charge is 0.378 e. The summed E-state index contributed by atoms with van der Waals surface area (Å²) in [4.78, 5) is 29.9. The molecular weight excluding hydrogens is 390 g/mol. The van der Waals surface area contributed by atoms with Crippen molar-refractivity contribution in [1.82, 2.24) is 15.0 Å². The van der Waals surface area contributed by atoms with E-state index in [2.05, 4.69) is 10.1 Å². The van der Waals surface area contributed by atoms with Crippen LogP contribution < -0.4 is 4.90 Å². The second-order valence-corrected chi connectivity index (χ2v) is 7.56. The van der Waals surface area contributed by atoms with Gasteiger partial charge in [0.1, 0.15) is 5.69 Å². The molecule has 2 aromatic rings. The third-order valence-electron chi connectivity index (χ3n) is 5.49. The Kier molecular flexibility index (Phi) is 5.96. The molecule has 0 atom stereocenters. The van der Waals surface area contributed by atoms with Crippen molar-refractivity contribution in [2.45, 2.75) is 13.5 Å². The number of rotatable bonds is 5. The molecule has 2 fully saturated rings. The monoisotopic (exact) mass is 415 g/mol. The Morgan fingerprint density at radius 1 is 1.13 bits per heavy atom. The number of amides is 1. The van der Waals surface area contributed by atoms with E-state index in [1.165, 1.54) is 6.07 Å². The van der Waals surface area contributed by atoms with E-state index < -0.39 is 4.92 Å². The van der Waals surface area contributed by atoms with Crippen molar-refractivity contribution in [2.75, 3.05) is 57.4 Å². The Morgan fingerprint density at radius 2 is 1.87 bits per heavy atom. The van der Waals surface area contributed by atoms with Gasteiger partial charge in [-0.2, -0.15) is 0 Å². The number of aryl methyl sites for hydroxylation is 1. The van der Waals surface area contributed by atoms with Crippen molar-refractivity contribution in [2.24, 2.45) is 0 Å². The molecule has 2 saturated heterocycles. The summed E-state index contributed by atoms with van der Waals surface area (Å²) < 4.78 is 10.5. The number of piperazine rings is 1. The average molecular weight is 415 g/mol. The molecule has 2 aliphatic heterocycles. The van der Waals surface area contributed by atoms with Gasteiger partial charge in [0.2, 0.25) is 0 Å². The van der Waals surface area contributed by atoms with E-state index in [4.69, 9.17) is 9.26 Å². The highest BCUT2D eigenvalue weighted by atomic mass is 16.6. The summed E-state index contributed by atoms with van der Waals surface area (Å²) in [5.41, 5.74) is 1.71. The molecule has 0 aliphatic carbocycles. The third kappa shape index (κ3) is 4.44. The lowest BCUT2D eigenvalue weighted by Crippen LogP contribution is -2.46. The molecule has 0 bridgehead atoms. The maximum absolute atomic E-state index is 12.7. The number of carbonyl (C=O) groups excluding carboxylic acids is 1. The second kappa shape index (κ2) is 8.80. The van der Waals surface area contributed by atoms with Crippen LogP contribution in [0.25, 0.3) is 0 Å². The standard InChI is InChI=1S/C20H25N5O5/c1-15-12-17(30-21-15)14-22-4-6-23(7-5-22)18-3-2-16(13-19(18)25(27)28)20(26)24-8-10-29-11-9-24/h2-3,12-13H,4-11,14H2,1H3. The first-order valence-electron chi connectivity index (χ1n) is 10.1. The van der Waals surface area contributed by atoms with E-state index in [0.29, 0.717) is 57.2 Å². The molecule has 0 N–H and O–H groups in total. The highest BCUT2D eigenvalue weighted by Crippen LogP contribution is 2.31. The number of morpholine rings is 1. The van der Waals surface area contributed by atoms with Crippen molar-refractivity contribution in [3.8, 4) is 0 Å². The number of benzene rings is 1. The molecule has 2 aliphatic rings. The van der Waals surface area contributed by atoms with Gasteiger partial charge in [-0.25, -0.2) is 0 Å². The summed E-state index contributed by atoms with van der Waals surface area (Å²) in [5.74, 6) is 0.623. The molecule has 30 heavy (non-hydrogen) atoms. The zero-order valence-corrected chi connectivity index (χ0v) is 17.0. The smallest absolute Gasteiger partial charge is 0.293 e. The number of nitro groups is 1. The fraction of sp³-hybridized carbons (Fsp3) is 0.500. The Morgan fingerprint density at radius 3 is 2.50 bits per heavy atom. The SMILES string of the molecule is Cc1cc(CN2CCN(c3ccc(C(=O)N4CCOCC4)cc3[N+](=O)[O-])CC2)on1. The third-order valence-corrected chi connectivity index (χ3v) is 5.49. The molecule has 0 radical (unpaired) electrons. The van der Waals surface area contributed by atoms with Gasteiger partial charge in [0, 0.05) is 57.0 Å². The van der Waals surface area contributed by atoms with E-state index in [-0.39, 0.29) is 11.6 Å². The maximum atomic E-state index is 12.7. The Balaban J connectivity index is 1.44. The maximum Gasteiger partial charge on any atom is 0.293 e. The van der Waals surface area contributed by atoms with Crippen molar-refractivity contribution >= 4 is 17.3 Å². The normalized spacial score (nSPS) is 17.9. The summed E-state index contributed by atoms with van der Waals surface area (Å²) in [6.45, 7) is 7.36. The Hall–Kier alpha value is -2.98. The summed E-state index contributed by atoms with van der Waals surface area (Å²) >= 11 is 0. The van der Waals surface area contributed by atoms with E-state index in [9.17, 15) is 14.9 Å². The van der Waals surface area contributed by atoms with Crippen LogP contribution in [-0.4, -0.2) is 78.3 Å². The van der Waals surface area contributed by atoms with Gasteiger partial charge in [0.25, 0.3) is 11.6 Å². The lowest BCUT2D eigenvalue weighted by atomic mass is 10.1.